The monoisotopic (exact) mass is 349 g/mol. The number of carbonyl (C=O) groups excluding carboxylic acids is 1. The van der Waals surface area contributed by atoms with Gasteiger partial charge in [0.05, 0.1) is 17.6 Å². The molecule has 0 spiro atoms. The van der Waals surface area contributed by atoms with Crippen molar-refractivity contribution in [2.45, 2.75) is 38.5 Å². The quantitative estimate of drug-likeness (QED) is 0.513. The van der Waals surface area contributed by atoms with Crippen LogP contribution in [0.2, 0.25) is 0 Å². The topological polar surface area (TPSA) is 84.7 Å². The Morgan fingerprint density at radius 2 is 1.76 bits per heavy atom. The van der Waals surface area contributed by atoms with E-state index in [1.807, 2.05) is 4.90 Å². The summed E-state index contributed by atoms with van der Waals surface area (Å²) in [6.45, 7) is 4.14. The molecule has 0 amide bonds. The molecule has 2 fully saturated rings. The number of nitrogens with one attached hydrogen (secondary N) is 1. The lowest BCUT2D eigenvalue weighted by Gasteiger charge is -2.28. The minimum Gasteiger partial charge on any atom is -0.465 e. The fraction of sp³-hybridized carbons (Fsp3) is 0.611. The molecule has 25 heavy (non-hydrogen) atoms. The third kappa shape index (κ3) is 5.70. The molecule has 0 aliphatic carbocycles. The van der Waals surface area contributed by atoms with Gasteiger partial charge < -0.3 is 15.0 Å². The number of piperidine rings is 2. The van der Waals surface area contributed by atoms with Crippen molar-refractivity contribution in [1.29, 1.82) is 0 Å². The zero-order chi connectivity index (χ0) is 18.1. The first-order valence-electron chi connectivity index (χ1n) is 8.96. The second-order valence-corrected chi connectivity index (χ2v) is 6.31. The van der Waals surface area contributed by atoms with Crippen molar-refractivity contribution in [2.75, 3.05) is 38.2 Å². The number of methoxy groups -OCH3 is 1. The molecule has 0 unspecified atom stereocenters. The Hall–Kier alpha value is -2.15. The van der Waals surface area contributed by atoms with Gasteiger partial charge in [0, 0.05) is 19.2 Å². The second-order valence-electron chi connectivity index (χ2n) is 6.31. The molecule has 0 radical (unpaired) electrons. The van der Waals surface area contributed by atoms with E-state index in [-0.39, 0.29) is 11.3 Å². The van der Waals surface area contributed by atoms with Gasteiger partial charge in [-0.1, -0.05) is 6.42 Å². The fourth-order valence-electron chi connectivity index (χ4n) is 3.12. The number of nitrogens with zero attached hydrogens (tertiary/aromatic N) is 2. The maximum Gasteiger partial charge on any atom is 0.338 e. The lowest BCUT2D eigenvalue weighted by Crippen LogP contribution is -2.30. The number of rotatable bonds is 3. The van der Waals surface area contributed by atoms with Crippen molar-refractivity contribution >= 4 is 17.3 Å². The molecule has 1 N–H and O–H groups in total. The van der Waals surface area contributed by atoms with Crippen LogP contribution in [0, 0.1) is 10.1 Å². The summed E-state index contributed by atoms with van der Waals surface area (Å²) in [6.07, 6.45) is 7.45. The van der Waals surface area contributed by atoms with Crippen LogP contribution in [0.25, 0.3) is 0 Å². The molecule has 2 aliphatic heterocycles. The van der Waals surface area contributed by atoms with E-state index in [9.17, 15) is 14.9 Å². The Morgan fingerprint density at radius 3 is 2.24 bits per heavy atom. The minimum absolute atomic E-state index is 0.0372. The molecule has 1 aromatic rings. The van der Waals surface area contributed by atoms with Gasteiger partial charge in [-0.2, -0.15) is 0 Å². The van der Waals surface area contributed by atoms with E-state index in [1.165, 1.54) is 45.5 Å². The highest BCUT2D eigenvalue weighted by atomic mass is 16.6. The lowest BCUT2D eigenvalue weighted by atomic mass is 10.1. The Kier molecular flexibility index (Phi) is 7.66. The highest BCUT2D eigenvalue weighted by molar-refractivity contribution is 5.91. The molecule has 0 atom stereocenters. The van der Waals surface area contributed by atoms with E-state index in [0.717, 1.165) is 32.4 Å². The Bertz CT molecular complexity index is 570. The first kappa shape index (κ1) is 19.2. The highest BCUT2D eigenvalue weighted by Gasteiger charge is 2.23. The molecular weight excluding hydrogens is 322 g/mol. The van der Waals surface area contributed by atoms with Gasteiger partial charge in [0.1, 0.15) is 5.69 Å². The van der Waals surface area contributed by atoms with Crippen LogP contribution in [0.15, 0.2) is 18.2 Å². The van der Waals surface area contributed by atoms with Crippen LogP contribution in [0.5, 0.6) is 0 Å². The summed E-state index contributed by atoms with van der Waals surface area (Å²) >= 11 is 0. The number of benzene rings is 1. The number of hydrogen-bond donors (Lipinski definition) is 1. The van der Waals surface area contributed by atoms with Crippen LogP contribution in [0.3, 0.4) is 0 Å². The first-order chi connectivity index (χ1) is 12.1. The minimum atomic E-state index is -0.562. The predicted octanol–water partition coefficient (Wildman–Crippen LogP) is 3.13. The molecule has 3 rings (SSSR count). The van der Waals surface area contributed by atoms with E-state index in [0.29, 0.717) is 5.69 Å². The maximum absolute atomic E-state index is 11.4. The Balaban J connectivity index is 0.000000316. The summed E-state index contributed by atoms with van der Waals surface area (Å²) in [5.41, 5.74) is 0.747. The summed E-state index contributed by atoms with van der Waals surface area (Å²) in [5.74, 6) is -0.562. The van der Waals surface area contributed by atoms with Crippen molar-refractivity contribution in [3.8, 4) is 0 Å². The van der Waals surface area contributed by atoms with Crippen LogP contribution in [-0.4, -0.2) is 44.2 Å². The average Bonchev–Trinajstić information content (AvgIpc) is 2.69. The van der Waals surface area contributed by atoms with Gasteiger partial charge in [-0.15, -0.1) is 0 Å². The number of nitro groups is 1. The molecule has 0 aromatic heterocycles. The number of esters is 1. The summed E-state index contributed by atoms with van der Waals surface area (Å²) in [6, 6.07) is 4.49. The van der Waals surface area contributed by atoms with Gasteiger partial charge in [0.25, 0.3) is 5.69 Å². The van der Waals surface area contributed by atoms with Gasteiger partial charge in [-0.3, -0.25) is 10.1 Å². The number of nitro benzene ring substituents is 1. The number of anilines is 1. The van der Waals surface area contributed by atoms with E-state index in [2.05, 4.69) is 10.1 Å². The molecule has 2 saturated heterocycles. The average molecular weight is 349 g/mol. The number of ether oxygens (including phenoxy) is 1. The standard InChI is InChI=1S/C13H16N2O4.C5H11N/c1-19-13(16)10-5-6-11(12(9-10)15(17)18)14-7-3-2-4-8-14;1-2-4-6-5-3-1/h5-6,9H,2-4,7-8H2,1H3;6H,1-5H2. The Morgan fingerprint density at radius 1 is 1.12 bits per heavy atom. The largest absolute Gasteiger partial charge is 0.465 e. The number of carbonyl (C=O) groups is 1. The van der Waals surface area contributed by atoms with Crippen LogP contribution >= 0.6 is 0 Å². The summed E-state index contributed by atoms with van der Waals surface area (Å²) in [5, 5.41) is 14.4. The fourth-order valence-corrected chi connectivity index (χ4v) is 3.12. The molecule has 2 heterocycles. The second kappa shape index (κ2) is 9.98. The van der Waals surface area contributed by atoms with E-state index >= 15 is 0 Å². The summed E-state index contributed by atoms with van der Waals surface area (Å²) in [4.78, 5) is 24.1. The third-order valence-corrected chi connectivity index (χ3v) is 4.50. The van der Waals surface area contributed by atoms with Crippen molar-refractivity contribution < 1.29 is 14.5 Å². The van der Waals surface area contributed by atoms with Gasteiger partial charge >= 0.3 is 5.97 Å². The van der Waals surface area contributed by atoms with Gasteiger partial charge in [0.15, 0.2) is 0 Å². The molecule has 2 aliphatic rings. The van der Waals surface area contributed by atoms with Crippen molar-refractivity contribution in [3.63, 3.8) is 0 Å². The van der Waals surface area contributed by atoms with Crippen molar-refractivity contribution in [1.82, 2.24) is 5.32 Å². The van der Waals surface area contributed by atoms with Gasteiger partial charge in [-0.25, -0.2) is 4.79 Å². The normalized spacial score (nSPS) is 17.2. The van der Waals surface area contributed by atoms with Crippen LogP contribution in [-0.2, 0) is 4.74 Å². The highest BCUT2D eigenvalue weighted by Crippen LogP contribution is 2.31. The first-order valence-corrected chi connectivity index (χ1v) is 8.96. The predicted molar refractivity (Wildman–Crippen MR) is 97.2 cm³/mol. The van der Waals surface area contributed by atoms with Gasteiger partial charge in [-0.05, 0) is 57.3 Å². The molecule has 138 valence electrons. The maximum atomic E-state index is 11.4. The molecule has 7 heteroatoms. The van der Waals surface area contributed by atoms with E-state index in [1.54, 1.807) is 12.1 Å². The zero-order valence-corrected chi connectivity index (χ0v) is 14.8. The summed E-state index contributed by atoms with van der Waals surface area (Å²) < 4.78 is 4.58. The molecular formula is C18H27N3O4. The molecule has 7 nitrogen and oxygen atoms in total. The van der Waals surface area contributed by atoms with Crippen LogP contribution in [0.1, 0.15) is 48.9 Å². The summed E-state index contributed by atoms with van der Waals surface area (Å²) in [7, 11) is 1.26. The third-order valence-electron chi connectivity index (χ3n) is 4.50. The van der Waals surface area contributed by atoms with Gasteiger partial charge in [0.2, 0.25) is 0 Å². The van der Waals surface area contributed by atoms with E-state index in [4.69, 9.17) is 0 Å². The SMILES string of the molecule is C1CCNCC1.COC(=O)c1ccc(N2CCCCC2)c([N+](=O)[O-])c1. The van der Waals surface area contributed by atoms with Crippen LogP contribution in [0.4, 0.5) is 11.4 Å². The smallest absolute Gasteiger partial charge is 0.338 e. The zero-order valence-electron chi connectivity index (χ0n) is 14.8. The molecule has 0 bridgehead atoms. The lowest BCUT2D eigenvalue weighted by molar-refractivity contribution is -0.384. The molecule has 1 aromatic carbocycles. The van der Waals surface area contributed by atoms with Crippen molar-refractivity contribution in [3.05, 3.63) is 33.9 Å². The van der Waals surface area contributed by atoms with Crippen molar-refractivity contribution in [2.24, 2.45) is 0 Å². The Labute approximate surface area is 148 Å². The number of hydrogen-bond acceptors (Lipinski definition) is 6. The van der Waals surface area contributed by atoms with E-state index < -0.39 is 10.9 Å². The molecule has 0 saturated carbocycles. The van der Waals surface area contributed by atoms with Crippen LogP contribution < -0.4 is 10.2 Å².